The predicted octanol–water partition coefficient (Wildman–Crippen LogP) is 1.82. The van der Waals surface area contributed by atoms with Gasteiger partial charge in [-0.05, 0) is 32.6 Å². The van der Waals surface area contributed by atoms with Gasteiger partial charge in [-0.15, -0.1) is 0 Å². The fourth-order valence-electron chi connectivity index (χ4n) is 3.29. The molecule has 2 aliphatic heterocycles. The van der Waals surface area contributed by atoms with Gasteiger partial charge in [-0.1, -0.05) is 6.92 Å². The Morgan fingerprint density at radius 2 is 2.28 bits per heavy atom. The first-order valence-electron chi connectivity index (χ1n) is 7.25. The molecule has 3 rings (SSSR count). The lowest BCUT2D eigenvalue weighted by Gasteiger charge is -2.26. The van der Waals surface area contributed by atoms with E-state index in [1.54, 1.807) is 0 Å². The number of fused-ring (bicyclic) bond motifs is 1. The van der Waals surface area contributed by atoms with Gasteiger partial charge >= 0.3 is 0 Å². The smallest absolute Gasteiger partial charge is 0.206 e. The Hall–Kier alpha value is -1.03. The molecular weight excluding hydrogens is 224 g/mol. The largest absolute Gasteiger partial charge is 0.338 e. The molecule has 100 valence electrons. The lowest BCUT2D eigenvalue weighted by molar-refractivity contribution is 0.553. The summed E-state index contributed by atoms with van der Waals surface area (Å²) in [5.41, 5.74) is 1.22. The molecule has 0 saturated carbocycles. The Bertz CT molecular complexity index is 423. The molecule has 1 N–H and O–H groups in total. The van der Waals surface area contributed by atoms with Gasteiger partial charge in [0.1, 0.15) is 0 Å². The number of rotatable bonds is 3. The van der Waals surface area contributed by atoms with Crippen molar-refractivity contribution in [2.24, 2.45) is 5.92 Å². The predicted molar refractivity (Wildman–Crippen MR) is 74.1 cm³/mol. The van der Waals surface area contributed by atoms with E-state index in [2.05, 4.69) is 41.8 Å². The average molecular weight is 248 g/mol. The van der Waals surface area contributed by atoms with E-state index < -0.39 is 0 Å². The SMILES string of the molecule is CCc1cn(C(C)C)c(N2CC[C@H]3CNC[C@H]32)n1. The maximum absolute atomic E-state index is 4.85. The van der Waals surface area contributed by atoms with E-state index >= 15 is 0 Å². The summed E-state index contributed by atoms with van der Waals surface area (Å²) < 4.78 is 2.35. The van der Waals surface area contributed by atoms with Crippen LogP contribution >= 0.6 is 0 Å². The van der Waals surface area contributed by atoms with Crippen LogP contribution in [-0.4, -0.2) is 35.2 Å². The summed E-state index contributed by atoms with van der Waals surface area (Å²) in [6, 6.07) is 1.15. The van der Waals surface area contributed by atoms with Crippen LogP contribution in [0, 0.1) is 5.92 Å². The molecule has 0 spiro atoms. The fraction of sp³-hybridized carbons (Fsp3) is 0.786. The second-order valence-electron chi connectivity index (χ2n) is 5.85. The summed E-state index contributed by atoms with van der Waals surface area (Å²) >= 11 is 0. The summed E-state index contributed by atoms with van der Waals surface area (Å²) in [5, 5.41) is 3.51. The zero-order valence-electron chi connectivity index (χ0n) is 11.7. The van der Waals surface area contributed by atoms with Crippen LogP contribution in [0.5, 0.6) is 0 Å². The molecule has 2 saturated heterocycles. The molecule has 2 atom stereocenters. The highest BCUT2D eigenvalue weighted by molar-refractivity contribution is 5.39. The molecule has 18 heavy (non-hydrogen) atoms. The van der Waals surface area contributed by atoms with Crippen LogP contribution < -0.4 is 10.2 Å². The second kappa shape index (κ2) is 4.57. The van der Waals surface area contributed by atoms with Crippen molar-refractivity contribution in [1.29, 1.82) is 0 Å². The van der Waals surface area contributed by atoms with Crippen LogP contribution in [0.1, 0.15) is 38.9 Å². The van der Waals surface area contributed by atoms with E-state index in [4.69, 9.17) is 4.98 Å². The normalized spacial score (nSPS) is 27.2. The standard InChI is InChI=1S/C14H24N4/c1-4-12-9-18(10(2)3)14(16-12)17-6-5-11-7-15-8-13(11)17/h9-11,13,15H,4-8H2,1-3H3/t11-,13+/m0/s1. The van der Waals surface area contributed by atoms with Crippen LogP contribution in [0.4, 0.5) is 5.95 Å². The van der Waals surface area contributed by atoms with Gasteiger partial charge in [-0.3, -0.25) is 0 Å². The van der Waals surface area contributed by atoms with Crippen LogP contribution in [0.15, 0.2) is 6.20 Å². The molecule has 0 unspecified atom stereocenters. The minimum absolute atomic E-state index is 0.487. The van der Waals surface area contributed by atoms with Crippen molar-refractivity contribution in [3.05, 3.63) is 11.9 Å². The molecule has 1 aromatic heterocycles. The van der Waals surface area contributed by atoms with Crippen molar-refractivity contribution in [2.45, 2.75) is 45.7 Å². The van der Waals surface area contributed by atoms with Crippen LogP contribution in [0.25, 0.3) is 0 Å². The lowest BCUT2D eigenvalue weighted by Crippen LogP contribution is -2.36. The van der Waals surface area contributed by atoms with Gasteiger partial charge < -0.3 is 14.8 Å². The molecule has 2 aliphatic rings. The van der Waals surface area contributed by atoms with Crippen LogP contribution in [-0.2, 0) is 6.42 Å². The number of hydrogen-bond donors (Lipinski definition) is 1. The number of aryl methyl sites for hydroxylation is 1. The first-order chi connectivity index (χ1) is 8.70. The molecule has 0 amide bonds. The number of nitrogens with one attached hydrogen (secondary N) is 1. The highest BCUT2D eigenvalue weighted by Crippen LogP contribution is 2.32. The molecular formula is C14H24N4. The van der Waals surface area contributed by atoms with Crippen molar-refractivity contribution in [3.8, 4) is 0 Å². The highest BCUT2D eigenvalue weighted by Gasteiger charge is 2.39. The Balaban J connectivity index is 1.93. The topological polar surface area (TPSA) is 33.1 Å². The molecule has 0 radical (unpaired) electrons. The maximum atomic E-state index is 4.85. The molecule has 4 nitrogen and oxygen atoms in total. The monoisotopic (exact) mass is 248 g/mol. The van der Waals surface area contributed by atoms with Gasteiger partial charge in [0.15, 0.2) is 0 Å². The lowest BCUT2D eigenvalue weighted by atomic mass is 10.1. The van der Waals surface area contributed by atoms with Crippen LogP contribution in [0.3, 0.4) is 0 Å². The Labute approximate surface area is 109 Å². The third kappa shape index (κ3) is 1.83. The van der Waals surface area contributed by atoms with Crippen molar-refractivity contribution < 1.29 is 0 Å². The third-order valence-electron chi connectivity index (χ3n) is 4.38. The van der Waals surface area contributed by atoms with Crippen molar-refractivity contribution >= 4 is 5.95 Å². The summed E-state index contributed by atoms with van der Waals surface area (Å²) in [4.78, 5) is 7.39. The van der Waals surface area contributed by atoms with Gasteiger partial charge in [0.05, 0.1) is 5.69 Å². The first-order valence-corrected chi connectivity index (χ1v) is 7.25. The second-order valence-corrected chi connectivity index (χ2v) is 5.85. The molecule has 4 heteroatoms. The van der Waals surface area contributed by atoms with E-state index in [-0.39, 0.29) is 0 Å². The molecule has 2 fully saturated rings. The highest BCUT2D eigenvalue weighted by atomic mass is 15.4. The molecule has 3 heterocycles. The summed E-state index contributed by atoms with van der Waals surface area (Å²) in [6.07, 6.45) is 4.56. The van der Waals surface area contributed by atoms with Crippen molar-refractivity contribution in [1.82, 2.24) is 14.9 Å². The number of imidazole rings is 1. The van der Waals surface area contributed by atoms with Gasteiger partial charge in [0, 0.05) is 37.9 Å². The number of anilines is 1. The molecule has 0 aliphatic carbocycles. The molecule has 0 bridgehead atoms. The zero-order valence-corrected chi connectivity index (χ0v) is 11.7. The van der Waals surface area contributed by atoms with E-state index in [1.807, 2.05) is 0 Å². The van der Waals surface area contributed by atoms with Crippen LogP contribution in [0.2, 0.25) is 0 Å². The summed E-state index contributed by atoms with van der Waals surface area (Å²) in [7, 11) is 0. The molecule has 0 aromatic carbocycles. The Morgan fingerprint density at radius 3 is 3.00 bits per heavy atom. The average Bonchev–Trinajstić information content (AvgIpc) is 3.02. The summed E-state index contributed by atoms with van der Waals surface area (Å²) in [5.74, 6) is 2.02. The van der Waals surface area contributed by atoms with E-state index in [1.165, 1.54) is 31.2 Å². The van der Waals surface area contributed by atoms with Crippen molar-refractivity contribution in [2.75, 3.05) is 24.5 Å². The van der Waals surface area contributed by atoms with Gasteiger partial charge in [0.25, 0.3) is 0 Å². The maximum Gasteiger partial charge on any atom is 0.206 e. The molecule has 1 aromatic rings. The Kier molecular flexibility index (Phi) is 3.06. The van der Waals surface area contributed by atoms with E-state index in [9.17, 15) is 0 Å². The van der Waals surface area contributed by atoms with Gasteiger partial charge in [-0.2, -0.15) is 0 Å². The number of nitrogens with zero attached hydrogens (tertiary/aromatic N) is 3. The zero-order chi connectivity index (χ0) is 12.7. The Morgan fingerprint density at radius 1 is 1.44 bits per heavy atom. The first kappa shape index (κ1) is 12.0. The summed E-state index contributed by atoms with van der Waals surface area (Å²) in [6.45, 7) is 10.1. The van der Waals surface area contributed by atoms with Gasteiger partial charge in [0.2, 0.25) is 5.95 Å². The van der Waals surface area contributed by atoms with Gasteiger partial charge in [-0.25, -0.2) is 4.98 Å². The number of aromatic nitrogens is 2. The van der Waals surface area contributed by atoms with E-state index in [0.29, 0.717) is 12.1 Å². The number of hydrogen-bond acceptors (Lipinski definition) is 3. The fourth-order valence-corrected chi connectivity index (χ4v) is 3.29. The third-order valence-corrected chi connectivity index (χ3v) is 4.38. The minimum atomic E-state index is 0.487. The van der Waals surface area contributed by atoms with Crippen molar-refractivity contribution in [3.63, 3.8) is 0 Å². The minimum Gasteiger partial charge on any atom is -0.338 e. The quantitative estimate of drug-likeness (QED) is 0.886. The van der Waals surface area contributed by atoms with E-state index in [0.717, 1.165) is 18.9 Å².